The fraction of sp³-hybridized carbons (Fsp3) is 0.140. The third kappa shape index (κ3) is 3.17. The molecule has 0 bridgehead atoms. The van der Waals surface area contributed by atoms with E-state index < -0.39 is 0 Å². The van der Waals surface area contributed by atoms with Crippen molar-refractivity contribution < 1.29 is 0 Å². The number of hydrogen-bond donors (Lipinski definition) is 0. The average molecular weight is 564 g/mol. The Kier molecular flexibility index (Phi) is 5.08. The molecule has 0 saturated carbocycles. The first-order valence-electron chi connectivity index (χ1n) is 15.7. The maximum Gasteiger partial charge on any atom is 0.0793 e. The molecule has 1 heteroatoms. The lowest BCUT2D eigenvalue weighted by Gasteiger charge is -2.23. The molecule has 0 amide bonds. The van der Waals surface area contributed by atoms with Crippen molar-refractivity contribution in [2.45, 2.75) is 38.5 Å². The van der Waals surface area contributed by atoms with E-state index in [9.17, 15) is 0 Å². The summed E-state index contributed by atoms with van der Waals surface area (Å²) in [5, 5.41) is 3.70. The highest BCUT2D eigenvalue weighted by molar-refractivity contribution is 6.23. The Hall–Kier alpha value is -5.01. The van der Waals surface area contributed by atoms with Crippen molar-refractivity contribution in [3.8, 4) is 44.5 Å². The lowest BCUT2D eigenvalue weighted by Crippen LogP contribution is -2.14. The molecule has 0 atom stereocenters. The zero-order valence-electron chi connectivity index (χ0n) is 25.6. The molecule has 6 aromatic carbocycles. The number of rotatable bonds is 2. The van der Waals surface area contributed by atoms with Crippen LogP contribution in [-0.4, -0.2) is 4.98 Å². The number of benzene rings is 6. The van der Waals surface area contributed by atoms with E-state index in [0.29, 0.717) is 0 Å². The Morgan fingerprint density at radius 3 is 1.39 bits per heavy atom. The average Bonchev–Trinajstić information content (AvgIpc) is 3.44. The van der Waals surface area contributed by atoms with E-state index in [0.717, 1.165) is 5.52 Å². The fourth-order valence-corrected chi connectivity index (χ4v) is 8.49. The molecule has 2 aliphatic carbocycles. The summed E-state index contributed by atoms with van der Waals surface area (Å²) in [5.41, 5.74) is 16.9. The van der Waals surface area contributed by atoms with Crippen molar-refractivity contribution in [1.82, 2.24) is 4.98 Å². The topological polar surface area (TPSA) is 12.9 Å². The van der Waals surface area contributed by atoms with Crippen molar-refractivity contribution >= 4 is 21.7 Å². The smallest absolute Gasteiger partial charge is 0.0793 e. The highest BCUT2D eigenvalue weighted by atomic mass is 14.7. The molecule has 1 aromatic heterocycles. The molecule has 0 N–H and O–H groups in total. The molecule has 2 aliphatic rings. The van der Waals surface area contributed by atoms with Crippen LogP contribution in [-0.2, 0) is 10.8 Å². The van der Waals surface area contributed by atoms with Gasteiger partial charge in [-0.05, 0) is 78.0 Å². The van der Waals surface area contributed by atoms with Crippen LogP contribution in [0.1, 0.15) is 49.9 Å². The second kappa shape index (κ2) is 8.77. The largest absolute Gasteiger partial charge is 0.256 e. The standard InChI is InChI=1S/C43H33N/c1-42(2)33-21-9-7-16-28(33)38-30(18-11-23-35(38)42)37-26-14-5-6-15-27(26)40(41-32(37)20-13-25-44-41)31-19-12-24-36-39(31)29-17-8-10-22-34(29)43(36,3)4/h5-25H,1-4H3. The Bertz CT molecular complexity index is 2110. The van der Waals surface area contributed by atoms with Gasteiger partial charge in [-0.2, -0.15) is 0 Å². The van der Waals surface area contributed by atoms with Gasteiger partial charge < -0.3 is 0 Å². The minimum absolute atomic E-state index is 0.0590. The van der Waals surface area contributed by atoms with Crippen LogP contribution in [0.2, 0.25) is 0 Å². The Morgan fingerprint density at radius 1 is 0.364 bits per heavy atom. The Labute approximate surface area is 258 Å². The number of pyridine rings is 1. The van der Waals surface area contributed by atoms with Gasteiger partial charge in [0, 0.05) is 28.0 Å². The first-order chi connectivity index (χ1) is 21.4. The normalized spacial score (nSPS) is 15.2. The van der Waals surface area contributed by atoms with Gasteiger partial charge >= 0.3 is 0 Å². The van der Waals surface area contributed by atoms with Gasteiger partial charge in [0.05, 0.1) is 5.52 Å². The maximum absolute atomic E-state index is 5.18. The van der Waals surface area contributed by atoms with Gasteiger partial charge in [0.2, 0.25) is 0 Å². The van der Waals surface area contributed by atoms with Gasteiger partial charge in [0.15, 0.2) is 0 Å². The summed E-state index contributed by atoms with van der Waals surface area (Å²) < 4.78 is 0. The number of fused-ring (bicyclic) bond motifs is 8. The number of nitrogens with zero attached hydrogens (tertiary/aromatic N) is 1. The van der Waals surface area contributed by atoms with E-state index in [1.54, 1.807) is 0 Å². The predicted octanol–water partition coefficient (Wildman–Crippen LogP) is 11.3. The van der Waals surface area contributed by atoms with Crippen LogP contribution < -0.4 is 0 Å². The second-order valence-corrected chi connectivity index (χ2v) is 13.5. The summed E-state index contributed by atoms with van der Waals surface area (Å²) >= 11 is 0. The molecule has 7 aromatic rings. The van der Waals surface area contributed by atoms with Gasteiger partial charge in [-0.25, -0.2) is 0 Å². The number of hydrogen-bond acceptors (Lipinski definition) is 1. The molecule has 1 nitrogen and oxygen atoms in total. The van der Waals surface area contributed by atoms with Crippen LogP contribution in [0.3, 0.4) is 0 Å². The highest BCUT2D eigenvalue weighted by Gasteiger charge is 2.39. The van der Waals surface area contributed by atoms with Crippen molar-refractivity contribution in [2.75, 3.05) is 0 Å². The molecule has 210 valence electrons. The molecular weight excluding hydrogens is 530 g/mol. The second-order valence-electron chi connectivity index (χ2n) is 13.5. The lowest BCUT2D eigenvalue weighted by molar-refractivity contribution is 0.660. The van der Waals surface area contributed by atoms with Crippen molar-refractivity contribution in [3.05, 3.63) is 150 Å². The van der Waals surface area contributed by atoms with E-state index in [1.165, 1.54) is 82.9 Å². The molecule has 1 heterocycles. The quantitative estimate of drug-likeness (QED) is 0.191. The Morgan fingerprint density at radius 2 is 0.795 bits per heavy atom. The molecule has 0 radical (unpaired) electrons. The van der Waals surface area contributed by atoms with E-state index in [1.807, 2.05) is 6.20 Å². The molecular formula is C43H33N. The van der Waals surface area contributed by atoms with E-state index in [-0.39, 0.29) is 10.8 Å². The summed E-state index contributed by atoms with van der Waals surface area (Å²) in [6.07, 6.45) is 1.96. The van der Waals surface area contributed by atoms with Crippen LogP contribution in [0.5, 0.6) is 0 Å². The third-order valence-electron chi connectivity index (χ3n) is 10.5. The van der Waals surface area contributed by atoms with Gasteiger partial charge in [0.1, 0.15) is 0 Å². The maximum atomic E-state index is 5.18. The van der Waals surface area contributed by atoms with Crippen molar-refractivity contribution in [2.24, 2.45) is 0 Å². The summed E-state index contributed by atoms with van der Waals surface area (Å²) in [5.74, 6) is 0. The van der Waals surface area contributed by atoms with Gasteiger partial charge in [-0.3, -0.25) is 4.98 Å². The molecule has 0 fully saturated rings. The van der Waals surface area contributed by atoms with Crippen molar-refractivity contribution in [3.63, 3.8) is 0 Å². The fourth-order valence-electron chi connectivity index (χ4n) is 8.49. The monoisotopic (exact) mass is 563 g/mol. The molecule has 44 heavy (non-hydrogen) atoms. The minimum Gasteiger partial charge on any atom is -0.256 e. The first kappa shape index (κ1) is 25.5. The summed E-state index contributed by atoms with van der Waals surface area (Å²) in [6.45, 7) is 9.43. The van der Waals surface area contributed by atoms with Crippen molar-refractivity contribution in [1.29, 1.82) is 0 Å². The zero-order valence-corrected chi connectivity index (χ0v) is 25.6. The van der Waals surface area contributed by atoms with Crippen LogP contribution in [0, 0.1) is 0 Å². The van der Waals surface area contributed by atoms with E-state index in [4.69, 9.17) is 4.98 Å². The van der Waals surface area contributed by atoms with Crippen LogP contribution in [0.25, 0.3) is 66.2 Å². The minimum atomic E-state index is -0.0638. The summed E-state index contributed by atoms with van der Waals surface area (Å²) in [6, 6.07) is 45.0. The van der Waals surface area contributed by atoms with Gasteiger partial charge in [-0.15, -0.1) is 0 Å². The molecule has 0 unspecified atom stereocenters. The SMILES string of the molecule is CC1(C)c2ccccc2-c2c(-c3c4ccccc4c(-c4cccc5c4-c4ccccc4C5(C)C)c4ncccc34)cccc21. The van der Waals surface area contributed by atoms with Gasteiger partial charge in [0.25, 0.3) is 0 Å². The summed E-state index contributed by atoms with van der Waals surface area (Å²) in [4.78, 5) is 5.18. The van der Waals surface area contributed by atoms with E-state index in [2.05, 4.69) is 149 Å². The number of aromatic nitrogens is 1. The molecule has 0 saturated heterocycles. The van der Waals surface area contributed by atoms with Gasteiger partial charge in [-0.1, -0.05) is 143 Å². The molecule has 0 aliphatic heterocycles. The van der Waals surface area contributed by atoms with Crippen LogP contribution in [0.4, 0.5) is 0 Å². The molecule has 9 rings (SSSR count). The first-order valence-corrected chi connectivity index (χ1v) is 15.7. The highest BCUT2D eigenvalue weighted by Crippen LogP contribution is 2.56. The third-order valence-corrected chi connectivity index (χ3v) is 10.5. The zero-order chi connectivity index (χ0) is 29.8. The van der Waals surface area contributed by atoms with Crippen LogP contribution in [0.15, 0.2) is 128 Å². The lowest BCUT2D eigenvalue weighted by atomic mass is 9.80. The van der Waals surface area contributed by atoms with E-state index >= 15 is 0 Å². The molecule has 0 spiro atoms. The van der Waals surface area contributed by atoms with Crippen LogP contribution >= 0.6 is 0 Å². The predicted molar refractivity (Wildman–Crippen MR) is 185 cm³/mol. The Balaban J connectivity index is 1.43. The summed E-state index contributed by atoms with van der Waals surface area (Å²) in [7, 11) is 0.